The summed E-state index contributed by atoms with van der Waals surface area (Å²) in [5.74, 6) is 0. The zero-order chi connectivity index (χ0) is 13.0. The molecule has 0 radical (unpaired) electrons. The zero-order valence-electron chi connectivity index (χ0n) is 12.0. The third kappa shape index (κ3) is 7.92. The van der Waals surface area contributed by atoms with Crippen molar-refractivity contribution in [2.75, 3.05) is 19.8 Å². The molecule has 0 amide bonds. The van der Waals surface area contributed by atoms with Crippen LogP contribution < -0.4 is 5.73 Å². The second-order valence-electron chi connectivity index (χ2n) is 4.56. The topological polar surface area (TPSA) is 44.5 Å². The summed E-state index contributed by atoms with van der Waals surface area (Å²) < 4.78 is 12.3. The summed E-state index contributed by atoms with van der Waals surface area (Å²) >= 11 is 0. The van der Waals surface area contributed by atoms with Gasteiger partial charge >= 0.3 is 8.56 Å². The van der Waals surface area contributed by atoms with Crippen LogP contribution in [0.2, 0.25) is 12.1 Å². The van der Waals surface area contributed by atoms with Gasteiger partial charge in [0.25, 0.3) is 0 Å². The first-order chi connectivity index (χ1) is 8.24. The van der Waals surface area contributed by atoms with Gasteiger partial charge in [-0.25, -0.2) is 0 Å². The van der Waals surface area contributed by atoms with Gasteiger partial charge in [-0.2, -0.15) is 0 Å². The van der Waals surface area contributed by atoms with Gasteiger partial charge in [0, 0.05) is 13.2 Å². The lowest BCUT2D eigenvalue weighted by atomic mass is 10.4. The second-order valence-corrected chi connectivity index (χ2v) is 8.17. The Morgan fingerprint density at radius 2 is 1.41 bits per heavy atom. The molecule has 0 bridgehead atoms. The molecule has 0 aliphatic heterocycles. The van der Waals surface area contributed by atoms with Gasteiger partial charge in [-0.3, -0.25) is 0 Å². The van der Waals surface area contributed by atoms with Crippen LogP contribution in [0.4, 0.5) is 0 Å². The summed E-state index contributed by atoms with van der Waals surface area (Å²) in [4.78, 5) is 0. The average molecular weight is 261 g/mol. The Morgan fingerprint density at radius 1 is 0.882 bits per heavy atom. The van der Waals surface area contributed by atoms with E-state index >= 15 is 0 Å². The standard InChI is InChI=1S/C13H31NO2Si/c1-4-7-11-15-17(6-3,13-9-10-14)16-12-8-5-2/h4-14H2,1-3H3. The SMILES string of the molecule is CCCCO[Si](CC)(CCCN)OCCCC. The van der Waals surface area contributed by atoms with Crippen molar-refractivity contribution >= 4 is 8.56 Å². The predicted octanol–water partition coefficient (Wildman–Crippen LogP) is 3.43. The summed E-state index contributed by atoms with van der Waals surface area (Å²) in [5.41, 5.74) is 5.61. The Hall–Kier alpha value is 0.0969. The fourth-order valence-electron chi connectivity index (χ4n) is 1.74. The Balaban J connectivity index is 4.17. The third-order valence-electron chi connectivity index (χ3n) is 3.03. The molecule has 0 unspecified atom stereocenters. The largest absolute Gasteiger partial charge is 0.394 e. The molecule has 4 heteroatoms. The van der Waals surface area contributed by atoms with Gasteiger partial charge in [-0.05, 0) is 37.9 Å². The molecule has 0 aromatic heterocycles. The van der Waals surface area contributed by atoms with Crippen LogP contribution in [0.5, 0.6) is 0 Å². The Morgan fingerprint density at radius 3 is 1.76 bits per heavy atom. The van der Waals surface area contributed by atoms with Gasteiger partial charge in [0.05, 0.1) is 0 Å². The molecule has 0 atom stereocenters. The number of rotatable bonds is 12. The molecule has 0 saturated heterocycles. The highest BCUT2D eigenvalue weighted by Gasteiger charge is 2.34. The summed E-state index contributed by atoms with van der Waals surface area (Å²) in [6, 6.07) is 2.09. The van der Waals surface area contributed by atoms with E-state index in [-0.39, 0.29) is 0 Å². The number of hydrogen-bond donors (Lipinski definition) is 1. The smallest absolute Gasteiger partial charge is 0.337 e. The maximum absolute atomic E-state index is 6.13. The molecule has 104 valence electrons. The van der Waals surface area contributed by atoms with Crippen molar-refractivity contribution in [3.05, 3.63) is 0 Å². The van der Waals surface area contributed by atoms with Gasteiger partial charge < -0.3 is 14.6 Å². The normalized spacial score (nSPS) is 12.0. The van der Waals surface area contributed by atoms with E-state index in [1.807, 2.05) is 0 Å². The van der Waals surface area contributed by atoms with Crippen LogP contribution in [0.25, 0.3) is 0 Å². The molecule has 2 N–H and O–H groups in total. The van der Waals surface area contributed by atoms with Crippen molar-refractivity contribution in [3.8, 4) is 0 Å². The molecule has 0 aliphatic carbocycles. The summed E-state index contributed by atoms with van der Waals surface area (Å²) in [6.07, 6.45) is 5.65. The van der Waals surface area contributed by atoms with Crippen molar-refractivity contribution < 1.29 is 8.85 Å². The molecule has 0 fully saturated rings. The molecule has 3 nitrogen and oxygen atoms in total. The number of nitrogens with two attached hydrogens (primary N) is 1. The first-order valence-electron chi connectivity index (χ1n) is 7.22. The molecule has 0 aromatic carbocycles. The molecule has 0 aliphatic rings. The second kappa shape index (κ2) is 11.2. The highest BCUT2D eigenvalue weighted by Crippen LogP contribution is 2.21. The van der Waals surface area contributed by atoms with Gasteiger partial charge in [-0.1, -0.05) is 33.6 Å². The minimum absolute atomic E-state index is 0.739. The van der Waals surface area contributed by atoms with E-state index in [9.17, 15) is 0 Å². The molecular formula is C13H31NO2Si. The van der Waals surface area contributed by atoms with Gasteiger partial charge in [0.2, 0.25) is 0 Å². The molecule has 0 spiro atoms. The van der Waals surface area contributed by atoms with Crippen LogP contribution in [0.15, 0.2) is 0 Å². The van der Waals surface area contributed by atoms with Crippen LogP contribution in [0, 0.1) is 0 Å². The minimum atomic E-state index is -1.94. The summed E-state index contributed by atoms with van der Waals surface area (Å²) in [6.45, 7) is 9.02. The minimum Gasteiger partial charge on any atom is -0.394 e. The first kappa shape index (κ1) is 17.1. The molecule has 0 saturated carbocycles. The average Bonchev–Trinajstić information content (AvgIpc) is 2.36. The van der Waals surface area contributed by atoms with E-state index in [0.717, 1.165) is 51.1 Å². The highest BCUT2D eigenvalue weighted by molar-refractivity contribution is 6.67. The van der Waals surface area contributed by atoms with Crippen LogP contribution in [-0.2, 0) is 8.85 Å². The maximum atomic E-state index is 6.13. The van der Waals surface area contributed by atoms with Crippen molar-refractivity contribution in [1.29, 1.82) is 0 Å². The Bertz CT molecular complexity index is 157. The van der Waals surface area contributed by atoms with Crippen LogP contribution in [-0.4, -0.2) is 28.3 Å². The summed E-state index contributed by atoms with van der Waals surface area (Å²) in [7, 11) is -1.94. The monoisotopic (exact) mass is 261 g/mol. The van der Waals surface area contributed by atoms with E-state index < -0.39 is 8.56 Å². The number of unbranched alkanes of at least 4 members (excludes halogenated alkanes) is 2. The van der Waals surface area contributed by atoms with E-state index in [2.05, 4.69) is 20.8 Å². The molecule has 17 heavy (non-hydrogen) atoms. The van der Waals surface area contributed by atoms with Crippen LogP contribution in [0.1, 0.15) is 52.9 Å². The maximum Gasteiger partial charge on any atom is 0.337 e. The van der Waals surface area contributed by atoms with Crippen LogP contribution >= 0.6 is 0 Å². The molecule has 0 aromatic rings. The Kier molecular flexibility index (Phi) is 11.3. The van der Waals surface area contributed by atoms with E-state index in [1.54, 1.807) is 0 Å². The number of hydrogen-bond acceptors (Lipinski definition) is 3. The lowest BCUT2D eigenvalue weighted by molar-refractivity contribution is 0.163. The molecule has 0 rings (SSSR count). The van der Waals surface area contributed by atoms with Gasteiger partial charge in [0.15, 0.2) is 0 Å². The van der Waals surface area contributed by atoms with E-state index in [1.165, 1.54) is 12.8 Å². The van der Waals surface area contributed by atoms with Gasteiger partial charge in [0.1, 0.15) is 0 Å². The van der Waals surface area contributed by atoms with E-state index in [0.29, 0.717) is 0 Å². The van der Waals surface area contributed by atoms with Crippen LogP contribution in [0.3, 0.4) is 0 Å². The fraction of sp³-hybridized carbons (Fsp3) is 1.00. The highest BCUT2D eigenvalue weighted by atomic mass is 28.4. The van der Waals surface area contributed by atoms with Crippen molar-refractivity contribution in [2.45, 2.75) is 65.0 Å². The lowest BCUT2D eigenvalue weighted by Crippen LogP contribution is -2.42. The quantitative estimate of drug-likeness (QED) is 0.432. The first-order valence-corrected chi connectivity index (χ1v) is 9.45. The van der Waals surface area contributed by atoms with Crippen molar-refractivity contribution in [3.63, 3.8) is 0 Å². The third-order valence-corrected chi connectivity index (χ3v) is 6.68. The molecule has 0 heterocycles. The summed E-state index contributed by atoms with van der Waals surface area (Å²) in [5, 5.41) is 0. The van der Waals surface area contributed by atoms with Crippen molar-refractivity contribution in [1.82, 2.24) is 0 Å². The van der Waals surface area contributed by atoms with Crippen molar-refractivity contribution in [2.24, 2.45) is 5.73 Å². The van der Waals surface area contributed by atoms with E-state index in [4.69, 9.17) is 14.6 Å². The lowest BCUT2D eigenvalue weighted by Gasteiger charge is -2.30. The predicted molar refractivity (Wildman–Crippen MR) is 76.4 cm³/mol. The van der Waals surface area contributed by atoms with Gasteiger partial charge in [-0.15, -0.1) is 0 Å². The fourth-order valence-corrected chi connectivity index (χ4v) is 4.65. The molecular weight excluding hydrogens is 230 g/mol. The zero-order valence-corrected chi connectivity index (χ0v) is 13.0. The Labute approximate surface area is 108 Å².